The Morgan fingerprint density at radius 2 is 1.93 bits per heavy atom. The molecule has 0 saturated carbocycles. The number of ether oxygens (including phenoxy) is 1. The van der Waals surface area contributed by atoms with Crippen molar-refractivity contribution in [1.82, 2.24) is 10.9 Å². The Bertz CT molecular complexity index is 847. The highest BCUT2D eigenvalue weighted by atomic mass is 127. The summed E-state index contributed by atoms with van der Waals surface area (Å²) in [5.74, 6) is 0.984. The lowest BCUT2D eigenvalue weighted by atomic mass is 10.2. The summed E-state index contributed by atoms with van der Waals surface area (Å²) >= 11 is 8.40. The van der Waals surface area contributed by atoms with Crippen molar-refractivity contribution in [3.8, 4) is 11.5 Å². The number of alkyl halides is 1. The number of hydrogen-bond acceptors (Lipinski definition) is 3. The first-order valence-corrected chi connectivity index (χ1v) is 10.5. The molecule has 3 rings (SSSR count). The van der Waals surface area contributed by atoms with Gasteiger partial charge in [-0.2, -0.15) is 0 Å². The van der Waals surface area contributed by atoms with Crippen LogP contribution in [0, 0.1) is 0 Å². The molecular weight excluding hydrogens is 481 g/mol. The number of urea groups is 1. The van der Waals surface area contributed by atoms with E-state index in [1.165, 1.54) is 4.90 Å². The van der Waals surface area contributed by atoms with Crippen LogP contribution >= 0.6 is 34.2 Å². The largest absolute Gasteiger partial charge is 0.455 e. The summed E-state index contributed by atoms with van der Waals surface area (Å²) in [4.78, 5) is 26.1. The third-order valence-corrected chi connectivity index (χ3v) is 5.07. The Morgan fingerprint density at radius 3 is 2.74 bits per heavy atom. The number of unbranched alkanes of at least 4 members (excludes halogenated alkanes) is 1. The predicted molar refractivity (Wildman–Crippen MR) is 114 cm³/mol. The molecule has 27 heavy (non-hydrogen) atoms. The molecule has 1 aliphatic rings. The number of nitrogens with one attached hydrogen (secondary N) is 2. The van der Waals surface area contributed by atoms with E-state index < -0.39 is 6.03 Å². The van der Waals surface area contributed by atoms with Gasteiger partial charge >= 0.3 is 6.03 Å². The van der Waals surface area contributed by atoms with Gasteiger partial charge in [0, 0.05) is 17.0 Å². The van der Waals surface area contributed by atoms with Crippen molar-refractivity contribution in [2.75, 3.05) is 9.33 Å². The highest BCUT2D eigenvalue weighted by Crippen LogP contribution is 2.40. The Kier molecular flexibility index (Phi) is 6.78. The second-order valence-corrected chi connectivity index (χ2v) is 7.55. The van der Waals surface area contributed by atoms with Gasteiger partial charge in [-0.15, -0.1) is 0 Å². The Hall–Kier alpha value is -2.00. The van der Waals surface area contributed by atoms with Gasteiger partial charge in [-0.25, -0.2) is 10.2 Å². The van der Waals surface area contributed by atoms with Gasteiger partial charge < -0.3 is 4.74 Å². The van der Waals surface area contributed by atoms with E-state index in [1.54, 1.807) is 18.2 Å². The van der Waals surface area contributed by atoms with Gasteiger partial charge in [0.15, 0.2) is 5.75 Å². The Labute approximate surface area is 176 Å². The number of benzene rings is 2. The highest BCUT2D eigenvalue weighted by Gasteiger charge is 2.26. The lowest BCUT2D eigenvalue weighted by molar-refractivity contribution is -0.121. The molecule has 0 spiro atoms. The van der Waals surface area contributed by atoms with Crippen molar-refractivity contribution in [2.24, 2.45) is 0 Å². The van der Waals surface area contributed by atoms with Crippen LogP contribution in [0.15, 0.2) is 42.5 Å². The zero-order valence-electron chi connectivity index (χ0n) is 14.5. The van der Waals surface area contributed by atoms with Crippen LogP contribution in [0.2, 0.25) is 5.02 Å². The average Bonchev–Trinajstić information content (AvgIpc) is 2.83. The number of carbonyl (C=O) groups excluding carboxylic acids is 2. The van der Waals surface area contributed by atoms with E-state index in [1.807, 2.05) is 24.3 Å². The van der Waals surface area contributed by atoms with Gasteiger partial charge in [0.05, 0.1) is 12.2 Å². The van der Waals surface area contributed by atoms with Gasteiger partial charge in [-0.05, 0) is 41.5 Å². The summed E-state index contributed by atoms with van der Waals surface area (Å²) in [6, 6.07) is 12.2. The minimum absolute atomic E-state index is 0.217. The second kappa shape index (κ2) is 9.27. The van der Waals surface area contributed by atoms with Gasteiger partial charge in [-0.1, -0.05) is 52.4 Å². The van der Waals surface area contributed by atoms with Crippen molar-refractivity contribution in [2.45, 2.75) is 25.8 Å². The van der Waals surface area contributed by atoms with Crippen molar-refractivity contribution < 1.29 is 14.3 Å². The van der Waals surface area contributed by atoms with E-state index in [0.717, 1.165) is 22.8 Å². The molecule has 0 aromatic heterocycles. The smallest absolute Gasteiger partial charge is 0.341 e. The number of nitrogens with zero attached hydrogens (tertiary/aromatic N) is 1. The zero-order valence-corrected chi connectivity index (χ0v) is 17.4. The first-order valence-electron chi connectivity index (χ1n) is 8.56. The monoisotopic (exact) mass is 499 g/mol. The van der Waals surface area contributed by atoms with Crippen LogP contribution < -0.4 is 20.5 Å². The number of amides is 3. The van der Waals surface area contributed by atoms with Crippen LogP contribution in [0.25, 0.3) is 0 Å². The van der Waals surface area contributed by atoms with Gasteiger partial charge in [-0.3, -0.25) is 15.1 Å². The van der Waals surface area contributed by atoms with E-state index in [-0.39, 0.29) is 5.91 Å². The number of fused-ring (bicyclic) bond motifs is 2. The molecule has 0 atom stereocenters. The molecule has 0 aliphatic carbocycles. The van der Waals surface area contributed by atoms with E-state index >= 15 is 0 Å². The molecule has 142 valence electrons. The lowest BCUT2D eigenvalue weighted by Gasteiger charge is -2.22. The van der Waals surface area contributed by atoms with Gasteiger partial charge in [0.25, 0.3) is 0 Å². The molecule has 0 fully saturated rings. The van der Waals surface area contributed by atoms with Crippen LogP contribution in [0.3, 0.4) is 0 Å². The minimum Gasteiger partial charge on any atom is -0.455 e. The van der Waals surface area contributed by atoms with Crippen LogP contribution in [0.1, 0.15) is 24.8 Å². The number of hydrazine groups is 1. The quantitative estimate of drug-likeness (QED) is 0.275. The standard InChI is InChI=1S/C19H19ClIN3O3/c20-14-8-9-17-15(11-14)24(12-13-5-1-2-6-16(13)27-17)19(26)23-22-18(25)7-3-4-10-21/h1-2,5-6,8-9,11H,3-4,7,10,12H2,(H,22,25)(H,23,26). The molecule has 6 nitrogen and oxygen atoms in total. The van der Waals surface area contributed by atoms with Crippen molar-refractivity contribution in [3.05, 3.63) is 53.1 Å². The molecule has 2 aromatic rings. The fraction of sp³-hybridized carbons (Fsp3) is 0.263. The molecular formula is C19H19ClIN3O3. The van der Waals surface area contributed by atoms with Crippen LogP contribution in [-0.2, 0) is 11.3 Å². The summed E-state index contributed by atoms with van der Waals surface area (Å²) in [6.07, 6.45) is 2.12. The molecule has 0 saturated heterocycles. The fourth-order valence-electron chi connectivity index (χ4n) is 2.71. The Morgan fingerprint density at radius 1 is 1.11 bits per heavy atom. The summed E-state index contributed by atoms with van der Waals surface area (Å²) in [5, 5.41) is 0.490. The maximum Gasteiger partial charge on any atom is 0.341 e. The summed E-state index contributed by atoms with van der Waals surface area (Å²) in [5.41, 5.74) is 6.35. The molecule has 8 heteroatoms. The molecule has 1 heterocycles. The average molecular weight is 500 g/mol. The highest BCUT2D eigenvalue weighted by molar-refractivity contribution is 14.1. The van der Waals surface area contributed by atoms with E-state index in [2.05, 4.69) is 33.4 Å². The number of anilines is 1. The minimum atomic E-state index is -0.457. The maximum absolute atomic E-state index is 12.8. The molecule has 2 aromatic carbocycles. The van der Waals surface area contributed by atoms with E-state index in [9.17, 15) is 9.59 Å². The second-order valence-electron chi connectivity index (χ2n) is 6.03. The first kappa shape index (κ1) is 19.8. The molecule has 0 radical (unpaired) electrons. The van der Waals surface area contributed by atoms with Crippen LogP contribution in [-0.4, -0.2) is 16.4 Å². The number of rotatable bonds is 4. The SMILES string of the molecule is O=C(CCCCI)NNC(=O)N1Cc2ccccc2Oc2ccc(Cl)cc21. The topological polar surface area (TPSA) is 70.7 Å². The fourth-order valence-corrected chi connectivity index (χ4v) is 3.42. The third-order valence-electron chi connectivity index (χ3n) is 4.07. The van der Waals surface area contributed by atoms with Crippen molar-refractivity contribution in [3.63, 3.8) is 0 Å². The van der Waals surface area contributed by atoms with Crippen LogP contribution in [0.4, 0.5) is 10.5 Å². The Balaban J connectivity index is 1.78. The van der Waals surface area contributed by atoms with E-state index in [0.29, 0.717) is 35.2 Å². The lowest BCUT2D eigenvalue weighted by Crippen LogP contribution is -2.48. The van der Waals surface area contributed by atoms with Gasteiger partial charge in [0.2, 0.25) is 5.91 Å². The molecule has 2 N–H and O–H groups in total. The number of hydrogen-bond donors (Lipinski definition) is 2. The molecule has 1 aliphatic heterocycles. The van der Waals surface area contributed by atoms with Crippen molar-refractivity contribution >= 4 is 51.8 Å². The molecule has 3 amide bonds. The molecule has 0 bridgehead atoms. The number of para-hydroxylation sites is 1. The zero-order chi connectivity index (χ0) is 19.2. The summed E-state index contributed by atoms with van der Waals surface area (Å²) in [6.45, 7) is 0.292. The summed E-state index contributed by atoms with van der Waals surface area (Å²) in [7, 11) is 0. The first-order chi connectivity index (χ1) is 13.1. The predicted octanol–water partition coefficient (Wildman–Crippen LogP) is 4.80. The van der Waals surface area contributed by atoms with Crippen molar-refractivity contribution in [1.29, 1.82) is 0 Å². The third kappa shape index (κ3) is 5.04. The van der Waals surface area contributed by atoms with E-state index in [4.69, 9.17) is 16.3 Å². The number of carbonyl (C=O) groups is 2. The number of halogens is 2. The normalized spacial score (nSPS) is 12.3. The molecule has 0 unspecified atom stereocenters. The van der Waals surface area contributed by atoms with Gasteiger partial charge in [0.1, 0.15) is 5.75 Å². The van der Waals surface area contributed by atoms with Crippen LogP contribution in [0.5, 0.6) is 11.5 Å². The maximum atomic E-state index is 12.8. The summed E-state index contributed by atoms with van der Waals surface area (Å²) < 4.78 is 6.96.